The summed E-state index contributed by atoms with van der Waals surface area (Å²) < 4.78 is 10.9. The summed E-state index contributed by atoms with van der Waals surface area (Å²) in [5.74, 6) is 0.936. The van der Waals surface area contributed by atoms with E-state index >= 15 is 0 Å². The van der Waals surface area contributed by atoms with Gasteiger partial charge in [-0.2, -0.15) is 0 Å². The molecular weight excluding hydrogens is 268 g/mol. The van der Waals surface area contributed by atoms with E-state index in [0.29, 0.717) is 19.8 Å². The van der Waals surface area contributed by atoms with Crippen molar-refractivity contribution in [2.24, 2.45) is 5.92 Å². The summed E-state index contributed by atoms with van der Waals surface area (Å²) in [6.45, 7) is 2.75. The Balaban J connectivity index is 1.90. The molecule has 0 aliphatic carbocycles. The summed E-state index contributed by atoms with van der Waals surface area (Å²) in [7, 11) is 5.84. The number of nitrogens with zero attached hydrogens (tertiary/aromatic N) is 2. The second-order valence-electron chi connectivity index (χ2n) is 5.60. The maximum absolute atomic E-state index is 12.3. The van der Waals surface area contributed by atoms with E-state index in [-0.39, 0.29) is 11.8 Å². The van der Waals surface area contributed by atoms with Gasteiger partial charge in [-0.25, -0.2) is 0 Å². The van der Waals surface area contributed by atoms with Gasteiger partial charge < -0.3 is 19.3 Å². The third-order valence-corrected chi connectivity index (χ3v) is 3.64. The minimum absolute atomic E-state index is 0.00832. The van der Waals surface area contributed by atoms with Crippen molar-refractivity contribution < 1.29 is 14.3 Å². The molecule has 1 fully saturated rings. The monoisotopic (exact) mass is 292 g/mol. The van der Waals surface area contributed by atoms with Crippen LogP contribution >= 0.6 is 0 Å². The first-order chi connectivity index (χ1) is 10.1. The summed E-state index contributed by atoms with van der Waals surface area (Å²) >= 11 is 0. The van der Waals surface area contributed by atoms with Gasteiger partial charge in [-0.1, -0.05) is 0 Å². The maximum atomic E-state index is 12.3. The fourth-order valence-electron chi connectivity index (χ4n) is 2.24. The van der Waals surface area contributed by atoms with Crippen molar-refractivity contribution in [3.05, 3.63) is 24.3 Å². The van der Waals surface area contributed by atoms with Gasteiger partial charge in [0.15, 0.2) is 0 Å². The van der Waals surface area contributed by atoms with E-state index in [2.05, 4.69) is 4.90 Å². The SMILES string of the molecule is CN(C)CCOc1ccc(N(C)C(=O)C2CCOC2)cc1. The lowest BCUT2D eigenvalue weighted by atomic mass is 10.1. The van der Waals surface area contributed by atoms with Gasteiger partial charge in [-0.15, -0.1) is 0 Å². The second kappa shape index (κ2) is 7.43. The molecule has 0 radical (unpaired) electrons. The van der Waals surface area contributed by atoms with Gasteiger partial charge in [0.1, 0.15) is 12.4 Å². The van der Waals surface area contributed by atoms with Gasteiger partial charge in [-0.3, -0.25) is 4.79 Å². The first kappa shape index (κ1) is 15.8. The molecule has 1 aliphatic rings. The van der Waals surface area contributed by atoms with Crippen LogP contribution in [0.2, 0.25) is 0 Å². The Bertz CT molecular complexity index is 453. The van der Waals surface area contributed by atoms with Crippen molar-refractivity contribution in [1.82, 2.24) is 4.90 Å². The largest absolute Gasteiger partial charge is 0.492 e. The van der Waals surface area contributed by atoms with Crippen LogP contribution < -0.4 is 9.64 Å². The Kier molecular flexibility index (Phi) is 5.59. The number of anilines is 1. The van der Waals surface area contributed by atoms with Crippen molar-refractivity contribution in [2.45, 2.75) is 6.42 Å². The molecule has 0 aromatic heterocycles. The highest BCUT2D eigenvalue weighted by Crippen LogP contribution is 2.22. The molecule has 1 aliphatic heterocycles. The van der Waals surface area contributed by atoms with Crippen LogP contribution in [-0.4, -0.2) is 58.3 Å². The normalized spacial score (nSPS) is 18.0. The maximum Gasteiger partial charge on any atom is 0.232 e. The summed E-state index contributed by atoms with van der Waals surface area (Å²) in [5.41, 5.74) is 0.881. The minimum atomic E-state index is -0.00832. The van der Waals surface area contributed by atoms with Crippen LogP contribution in [0.15, 0.2) is 24.3 Å². The Morgan fingerprint density at radius 3 is 2.57 bits per heavy atom. The highest BCUT2D eigenvalue weighted by molar-refractivity contribution is 5.94. The van der Waals surface area contributed by atoms with Gasteiger partial charge >= 0.3 is 0 Å². The molecule has 116 valence electrons. The van der Waals surface area contributed by atoms with Crippen molar-refractivity contribution in [1.29, 1.82) is 0 Å². The third-order valence-electron chi connectivity index (χ3n) is 3.64. The van der Waals surface area contributed by atoms with Crippen LogP contribution in [0, 0.1) is 5.92 Å². The molecule has 5 nitrogen and oxygen atoms in total. The first-order valence-electron chi connectivity index (χ1n) is 7.31. The number of rotatable bonds is 6. The molecule has 0 bridgehead atoms. The number of benzene rings is 1. The number of likely N-dealkylation sites (N-methyl/N-ethyl adjacent to an activating group) is 1. The molecule has 1 atom stereocenters. The van der Waals surface area contributed by atoms with Crippen LogP contribution in [0.3, 0.4) is 0 Å². The standard InChI is InChI=1S/C16H24N2O3/c1-17(2)9-11-21-15-6-4-14(5-7-15)18(3)16(19)13-8-10-20-12-13/h4-7,13H,8-12H2,1-3H3. The lowest BCUT2D eigenvalue weighted by molar-refractivity contribution is -0.122. The number of hydrogen-bond acceptors (Lipinski definition) is 4. The summed E-state index contributed by atoms with van der Waals surface area (Å²) in [6, 6.07) is 7.64. The van der Waals surface area contributed by atoms with Crippen molar-refractivity contribution in [3.8, 4) is 5.75 Å². The number of hydrogen-bond donors (Lipinski definition) is 0. The minimum Gasteiger partial charge on any atom is -0.492 e. The predicted octanol–water partition coefficient (Wildman–Crippen LogP) is 1.63. The van der Waals surface area contributed by atoms with Crippen LogP contribution in [-0.2, 0) is 9.53 Å². The smallest absolute Gasteiger partial charge is 0.232 e. The van der Waals surface area contributed by atoms with Crippen LogP contribution in [0.25, 0.3) is 0 Å². The Morgan fingerprint density at radius 2 is 2.00 bits per heavy atom. The summed E-state index contributed by atoms with van der Waals surface area (Å²) in [6.07, 6.45) is 0.814. The number of amides is 1. The topological polar surface area (TPSA) is 42.0 Å². The van der Waals surface area contributed by atoms with Crippen molar-refractivity contribution in [2.75, 3.05) is 52.4 Å². The molecule has 1 amide bonds. The van der Waals surface area contributed by atoms with E-state index in [0.717, 1.165) is 24.4 Å². The van der Waals surface area contributed by atoms with Gasteiger partial charge in [0.2, 0.25) is 5.91 Å². The van der Waals surface area contributed by atoms with E-state index < -0.39 is 0 Å². The molecule has 0 spiro atoms. The van der Waals surface area contributed by atoms with Crippen molar-refractivity contribution >= 4 is 11.6 Å². The zero-order chi connectivity index (χ0) is 15.2. The zero-order valence-corrected chi connectivity index (χ0v) is 13.0. The first-order valence-corrected chi connectivity index (χ1v) is 7.31. The fourth-order valence-corrected chi connectivity index (χ4v) is 2.24. The molecule has 2 rings (SSSR count). The molecule has 1 heterocycles. The lowest BCUT2D eigenvalue weighted by Gasteiger charge is -2.20. The summed E-state index contributed by atoms with van der Waals surface area (Å²) in [5, 5.41) is 0. The predicted molar refractivity (Wildman–Crippen MR) is 82.8 cm³/mol. The van der Waals surface area contributed by atoms with Crippen LogP contribution in [0.5, 0.6) is 5.75 Å². The van der Waals surface area contributed by atoms with Gasteiger partial charge in [0, 0.05) is 25.9 Å². The fraction of sp³-hybridized carbons (Fsp3) is 0.562. The van der Waals surface area contributed by atoms with Gasteiger partial charge in [-0.05, 0) is 44.8 Å². The van der Waals surface area contributed by atoms with E-state index in [1.54, 1.807) is 4.90 Å². The average Bonchev–Trinajstić information content (AvgIpc) is 3.00. The molecule has 1 saturated heterocycles. The molecule has 0 saturated carbocycles. The van der Waals surface area contributed by atoms with E-state index in [4.69, 9.17) is 9.47 Å². The highest BCUT2D eigenvalue weighted by Gasteiger charge is 2.26. The molecule has 5 heteroatoms. The number of carbonyl (C=O) groups excluding carboxylic acids is 1. The highest BCUT2D eigenvalue weighted by atomic mass is 16.5. The molecule has 1 aromatic rings. The molecule has 1 unspecified atom stereocenters. The Labute approximate surface area is 126 Å². The molecule has 21 heavy (non-hydrogen) atoms. The molecular formula is C16H24N2O3. The zero-order valence-electron chi connectivity index (χ0n) is 13.0. The quantitative estimate of drug-likeness (QED) is 0.799. The summed E-state index contributed by atoms with van der Waals surface area (Å²) in [4.78, 5) is 16.1. The average molecular weight is 292 g/mol. The van der Waals surface area contributed by atoms with Gasteiger partial charge in [0.25, 0.3) is 0 Å². The van der Waals surface area contributed by atoms with Crippen LogP contribution in [0.4, 0.5) is 5.69 Å². The van der Waals surface area contributed by atoms with Gasteiger partial charge in [0.05, 0.1) is 12.5 Å². The molecule has 0 N–H and O–H groups in total. The van der Waals surface area contributed by atoms with Crippen LogP contribution in [0.1, 0.15) is 6.42 Å². The molecule has 1 aromatic carbocycles. The number of ether oxygens (including phenoxy) is 2. The van der Waals surface area contributed by atoms with Crippen molar-refractivity contribution in [3.63, 3.8) is 0 Å². The van der Waals surface area contributed by atoms with E-state index in [1.165, 1.54) is 0 Å². The van der Waals surface area contributed by atoms with E-state index in [9.17, 15) is 4.79 Å². The third kappa shape index (κ3) is 4.44. The Hall–Kier alpha value is -1.59. The second-order valence-corrected chi connectivity index (χ2v) is 5.60. The van der Waals surface area contributed by atoms with E-state index in [1.807, 2.05) is 45.4 Å². The Morgan fingerprint density at radius 1 is 1.29 bits per heavy atom. The number of carbonyl (C=O) groups is 1. The lowest BCUT2D eigenvalue weighted by Crippen LogP contribution is -2.33.